The fourth-order valence-electron chi connectivity index (χ4n) is 3.33. The first kappa shape index (κ1) is 18.8. The van der Waals surface area contributed by atoms with Gasteiger partial charge in [0, 0.05) is 22.0 Å². The summed E-state index contributed by atoms with van der Waals surface area (Å²) in [5.74, 6) is 0.780. The molecule has 1 fully saturated rings. The first-order valence-electron chi connectivity index (χ1n) is 9.27. The number of rotatable bonds is 6. The van der Waals surface area contributed by atoms with Crippen molar-refractivity contribution in [2.45, 2.75) is 32.7 Å². The third kappa shape index (κ3) is 4.16. The van der Waals surface area contributed by atoms with Crippen molar-refractivity contribution >= 4 is 39.7 Å². The molecule has 27 heavy (non-hydrogen) atoms. The van der Waals surface area contributed by atoms with Crippen molar-refractivity contribution in [1.29, 1.82) is 0 Å². The Labute approximate surface area is 174 Å². The molecule has 0 N–H and O–H groups in total. The molecule has 5 heteroatoms. The van der Waals surface area contributed by atoms with Crippen LogP contribution in [0.4, 0.5) is 5.13 Å². The average molecular weight is 417 g/mol. The highest BCUT2D eigenvalue weighted by atomic mass is 35.5. The molecule has 1 unspecified atom stereocenters. The van der Waals surface area contributed by atoms with E-state index in [1.54, 1.807) is 17.4 Å². The zero-order chi connectivity index (χ0) is 19.0. The molecule has 0 aliphatic heterocycles. The monoisotopic (exact) mass is 416 g/mol. The minimum absolute atomic E-state index is 0.283. The van der Waals surface area contributed by atoms with Gasteiger partial charge in [-0.2, -0.15) is 0 Å². The number of thiazole rings is 1. The molecule has 0 bridgehead atoms. The van der Waals surface area contributed by atoms with Crippen molar-refractivity contribution in [3.05, 3.63) is 69.0 Å². The maximum atomic E-state index is 6.44. The van der Waals surface area contributed by atoms with Gasteiger partial charge >= 0.3 is 0 Å². The van der Waals surface area contributed by atoms with E-state index in [9.17, 15) is 0 Å². The average Bonchev–Trinajstić information content (AvgIpc) is 3.41. The van der Waals surface area contributed by atoms with Crippen molar-refractivity contribution < 1.29 is 0 Å². The molecule has 1 aliphatic rings. The molecule has 3 aromatic rings. The van der Waals surface area contributed by atoms with E-state index in [4.69, 9.17) is 28.2 Å². The number of aryl methyl sites for hydroxylation is 1. The summed E-state index contributed by atoms with van der Waals surface area (Å²) in [7, 11) is 0. The standard InChI is InChI=1S/C22H22Cl2N2S/c1-14(17-6-4-3-5-7-17)26(13-16-8-9-16)22-25-21(15(2)27-22)19-11-10-18(23)12-20(19)24/h3-7,10-12,14,16H,8-9,13H2,1-2H3. The van der Waals surface area contributed by atoms with Gasteiger partial charge in [0.25, 0.3) is 0 Å². The van der Waals surface area contributed by atoms with E-state index in [-0.39, 0.29) is 6.04 Å². The molecule has 4 rings (SSSR count). The Balaban J connectivity index is 1.70. The third-order valence-electron chi connectivity index (χ3n) is 5.12. The van der Waals surface area contributed by atoms with Gasteiger partial charge in [0.15, 0.2) is 5.13 Å². The second-order valence-corrected chi connectivity index (χ2v) is 9.23. The molecular formula is C22H22Cl2N2S. The van der Waals surface area contributed by atoms with Gasteiger partial charge in [0.2, 0.25) is 0 Å². The van der Waals surface area contributed by atoms with Gasteiger partial charge in [0.1, 0.15) is 0 Å². The first-order valence-corrected chi connectivity index (χ1v) is 10.8. The summed E-state index contributed by atoms with van der Waals surface area (Å²) >= 11 is 14.3. The molecule has 140 valence electrons. The van der Waals surface area contributed by atoms with Crippen LogP contribution in [-0.4, -0.2) is 11.5 Å². The van der Waals surface area contributed by atoms with Crippen LogP contribution in [0.2, 0.25) is 10.0 Å². The Morgan fingerprint density at radius 3 is 2.56 bits per heavy atom. The van der Waals surface area contributed by atoms with Crippen LogP contribution in [-0.2, 0) is 0 Å². The highest BCUT2D eigenvalue weighted by Crippen LogP contribution is 2.41. The van der Waals surface area contributed by atoms with Crippen molar-refractivity contribution in [3.63, 3.8) is 0 Å². The van der Waals surface area contributed by atoms with Crippen molar-refractivity contribution in [2.24, 2.45) is 5.92 Å². The van der Waals surface area contributed by atoms with Crippen molar-refractivity contribution in [1.82, 2.24) is 4.98 Å². The van der Waals surface area contributed by atoms with Crippen LogP contribution in [0, 0.1) is 12.8 Å². The molecular weight excluding hydrogens is 395 g/mol. The number of benzene rings is 2. The van der Waals surface area contributed by atoms with E-state index in [0.29, 0.717) is 10.0 Å². The van der Waals surface area contributed by atoms with Crippen LogP contribution in [0.25, 0.3) is 11.3 Å². The molecule has 0 spiro atoms. The van der Waals surface area contributed by atoms with Crippen LogP contribution in [0.1, 0.15) is 36.2 Å². The zero-order valence-electron chi connectivity index (χ0n) is 15.5. The smallest absolute Gasteiger partial charge is 0.186 e. The summed E-state index contributed by atoms with van der Waals surface area (Å²) < 4.78 is 0. The van der Waals surface area contributed by atoms with Gasteiger partial charge in [-0.05, 0) is 56.4 Å². The second kappa shape index (κ2) is 7.83. The van der Waals surface area contributed by atoms with E-state index in [1.807, 2.05) is 12.1 Å². The van der Waals surface area contributed by atoms with Crippen LogP contribution < -0.4 is 4.90 Å². The minimum Gasteiger partial charge on any atom is -0.341 e. The predicted octanol–water partition coefficient (Wildman–Crippen LogP) is 7.40. The van der Waals surface area contributed by atoms with Crippen LogP contribution >= 0.6 is 34.5 Å². The normalized spacial score (nSPS) is 15.0. The molecule has 1 aliphatic carbocycles. The molecule has 2 aromatic carbocycles. The van der Waals surface area contributed by atoms with Crippen LogP contribution in [0.3, 0.4) is 0 Å². The molecule has 0 radical (unpaired) electrons. The lowest BCUT2D eigenvalue weighted by atomic mass is 10.1. The Morgan fingerprint density at radius 2 is 1.89 bits per heavy atom. The molecule has 1 atom stereocenters. The summed E-state index contributed by atoms with van der Waals surface area (Å²) in [4.78, 5) is 8.65. The van der Waals surface area contributed by atoms with Gasteiger partial charge in [-0.25, -0.2) is 4.98 Å². The second-order valence-electron chi connectivity index (χ2n) is 7.21. The Morgan fingerprint density at radius 1 is 1.15 bits per heavy atom. The fraction of sp³-hybridized carbons (Fsp3) is 0.318. The molecule has 0 amide bonds. The van der Waals surface area contributed by atoms with E-state index in [1.165, 1.54) is 23.3 Å². The lowest BCUT2D eigenvalue weighted by molar-refractivity contribution is 0.632. The number of aromatic nitrogens is 1. The Hall–Kier alpha value is -1.55. The lowest BCUT2D eigenvalue weighted by Crippen LogP contribution is -2.29. The maximum Gasteiger partial charge on any atom is 0.186 e. The molecule has 1 saturated carbocycles. The quantitative estimate of drug-likeness (QED) is 0.415. The zero-order valence-corrected chi connectivity index (χ0v) is 17.8. The summed E-state index contributed by atoms with van der Waals surface area (Å²) in [5, 5.41) is 2.36. The number of nitrogens with zero attached hydrogens (tertiary/aromatic N) is 2. The van der Waals surface area contributed by atoms with Gasteiger partial charge in [-0.1, -0.05) is 53.5 Å². The van der Waals surface area contributed by atoms with Gasteiger partial charge in [-0.15, -0.1) is 11.3 Å². The topological polar surface area (TPSA) is 16.1 Å². The maximum absolute atomic E-state index is 6.44. The first-order chi connectivity index (χ1) is 13.0. The van der Waals surface area contributed by atoms with Crippen LogP contribution in [0.15, 0.2) is 48.5 Å². The molecule has 1 heterocycles. The minimum atomic E-state index is 0.283. The summed E-state index contributed by atoms with van der Waals surface area (Å²) in [6.07, 6.45) is 2.64. The summed E-state index contributed by atoms with van der Waals surface area (Å²) in [5.41, 5.74) is 3.22. The summed E-state index contributed by atoms with van der Waals surface area (Å²) in [6.45, 7) is 5.43. The SMILES string of the molecule is Cc1sc(N(CC2CC2)C(C)c2ccccc2)nc1-c1ccc(Cl)cc1Cl. The highest BCUT2D eigenvalue weighted by molar-refractivity contribution is 7.16. The largest absolute Gasteiger partial charge is 0.341 e. The van der Waals surface area contributed by atoms with Crippen LogP contribution in [0.5, 0.6) is 0 Å². The van der Waals surface area contributed by atoms with Gasteiger partial charge < -0.3 is 4.90 Å². The number of hydrogen-bond acceptors (Lipinski definition) is 3. The number of anilines is 1. The predicted molar refractivity (Wildman–Crippen MR) is 117 cm³/mol. The summed E-state index contributed by atoms with van der Waals surface area (Å²) in [6, 6.07) is 16.6. The number of hydrogen-bond donors (Lipinski definition) is 0. The Bertz CT molecular complexity index is 935. The van der Waals surface area contributed by atoms with E-state index in [0.717, 1.165) is 28.9 Å². The van der Waals surface area contributed by atoms with E-state index < -0.39 is 0 Å². The van der Waals surface area contributed by atoms with Gasteiger partial charge in [-0.3, -0.25) is 0 Å². The lowest BCUT2D eigenvalue weighted by Gasteiger charge is -2.29. The number of halogens is 2. The van der Waals surface area contributed by atoms with E-state index in [2.05, 4.69) is 49.1 Å². The van der Waals surface area contributed by atoms with Gasteiger partial charge in [0.05, 0.1) is 16.8 Å². The molecule has 0 saturated heterocycles. The third-order valence-corrected chi connectivity index (χ3v) is 6.67. The fourth-order valence-corrected chi connectivity index (χ4v) is 4.84. The molecule has 2 nitrogen and oxygen atoms in total. The van der Waals surface area contributed by atoms with Crippen molar-refractivity contribution in [3.8, 4) is 11.3 Å². The van der Waals surface area contributed by atoms with E-state index >= 15 is 0 Å². The van der Waals surface area contributed by atoms with Crippen molar-refractivity contribution in [2.75, 3.05) is 11.4 Å². The molecule has 1 aromatic heterocycles. The Kier molecular flexibility index (Phi) is 5.45. The highest BCUT2D eigenvalue weighted by Gasteiger charge is 2.29.